The zero-order valence-electron chi connectivity index (χ0n) is 11.9. The fourth-order valence-electron chi connectivity index (χ4n) is 2.85. The molecular formula is C14H23N3O2S. The summed E-state index contributed by atoms with van der Waals surface area (Å²) in [7, 11) is -3.07. The first-order chi connectivity index (χ1) is 9.45. The van der Waals surface area contributed by atoms with Crippen molar-refractivity contribution in [2.24, 2.45) is 11.7 Å². The van der Waals surface area contributed by atoms with E-state index in [0.717, 1.165) is 25.7 Å². The second-order valence-corrected chi connectivity index (χ2v) is 7.67. The molecule has 2 rings (SSSR count). The van der Waals surface area contributed by atoms with E-state index < -0.39 is 10.0 Å². The fourth-order valence-corrected chi connectivity index (χ4v) is 3.80. The van der Waals surface area contributed by atoms with Crippen LogP contribution in [0, 0.1) is 5.92 Å². The second-order valence-electron chi connectivity index (χ2n) is 5.68. The molecule has 1 aromatic heterocycles. The number of piperidine rings is 1. The van der Waals surface area contributed by atoms with E-state index in [-0.39, 0.29) is 6.04 Å². The van der Waals surface area contributed by atoms with Crippen LogP contribution in [0.3, 0.4) is 0 Å². The molecular weight excluding hydrogens is 274 g/mol. The van der Waals surface area contributed by atoms with E-state index in [2.05, 4.69) is 4.98 Å². The zero-order valence-corrected chi connectivity index (χ0v) is 12.7. The third-order valence-corrected chi connectivity index (χ3v) is 5.10. The number of hydrogen-bond donors (Lipinski definition) is 1. The van der Waals surface area contributed by atoms with Crippen molar-refractivity contribution < 1.29 is 8.42 Å². The fraction of sp³-hybridized carbons (Fsp3) is 0.643. The molecule has 2 unspecified atom stereocenters. The van der Waals surface area contributed by atoms with Crippen LogP contribution in [-0.4, -0.2) is 43.1 Å². The summed E-state index contributed by atoms with van der Waals surface area (Å²) in [5.74, 6) is 0.371. The summed E-state index contributed by atoms with van der Waals surface area (Å²) < 4.78 is 24.8. The van der Waals surface area contributed by atoms with Crippen molar-refractivity contribution in [3.8, 4) is 0 Å². The van der Waals surface area contributed by atoms with Gasteiger partial charge in [0.2, 0.25) is 10.0 Å². The summed E-state index contributed by atoms with van der Waals surface area (Å²) >= 11 is 0. The van der Waals surface area contributed by atoms with Gasteiger partial charge in [0.1, 0.15) is 0 Å². The van der Waals surface area contributed by atoms with Crippen LogP contribution in [0.5, 0.6) is 0 Å². The summed E-state index contributed by atoms with van der Waals surface area (Å²) in [6.45, 7) is 1.26. The Kier molecular flexibility index (Phi) is 5.12. The molecule has 5 nitrogen and oxygen atoms in total. The first-order valence-electron chi connectivity index (χ1n) is 7.05. The van der Waals surface area contributed by atoms with E-state index >= 15 is 0 Å². The third kappa shape index (κ3) is 4.54. The van der Waals surface area contributed by atoms with E-state index in [1.807, 2.05) is 12.1 Å². The molecule has 2 N–H and O–H groups in total. The zero-order chi connectivity index (χ0) is 14.6. The monoisotopic (exact) mass is 297 g/mol. The van der Waals surface area contributed by atoms with E-state index in [0.29, 0.717) is 19.0 Å². The van der Waals surface area contributed by atoms with E-state index in [1.165, 1.54) is 11.8 Å². The molecule has 2 heterocycles. The van der Waals surface area contributed by atoms with Gasteiger partial charge in [-0.3, -0.25) is 4.98 Å². The van der Waals surface area contributed by atoms with Crippen molar-refractivity contribution in [2.45, 2.75) is 31.7 Å². The predicted octanol–water partition coefficient (Wildman–Crippen LogP) is 1.01. The molecule has 2 atom stereocenters. The summed E-state index contributed by atoms with van der Waals surface area (Å²) in [6.07, 6.45) is 8.51. The molecule has 0 bridgehead atoms. The van der Waals surface area contributed by atoms with Gasteiger partial charge in [0.15, 0.2) is 0 Å². The van der Waals surface area contributed by atoms with Crippen molar-refractivity contribution >= 4 is 10.0 Å². The van der Waals surface area contributed by atoms with Crippen LogP contribution >= 0.6 is 0 Å². The number of hydrogen-bond acceptors (Lipinski definition) is 4. The second kappa shape index (κ2) is 6.65. The molecule has 112 valence electrons. The minimum absolute atomic E-state index is 0.0712. The highest BCUT2D eigenvalue weighted by Crippen LogP contribution is 2.23. The summed E-state index contributed by atoms with van der Waals surface area (Å²) in [4.78, 5) is 3.99. The van der Waals surface area contributed by atoms with E-state index in [9.17, 15) is 8.42 Å². The van der Waals surface area contributed by atoms with E-state index in [1.54, 1.807) is 16.7 Å². The molecule has 1 aliphatic rings. The Morgan fingerprint density at radius 1 is 1.45 bits per heavy atom. The first-order valence-corrected chi connectivity index (χ1v) is 8.89. The number of pyridine rings is 1. The molecule has 0 amide bonds. The smallest absolute Gasteiger partial charge is 0.211 e. The Morgan fingerprint density at radius 2 is 2.15 bits per heavy atom. The van der Waals surface area contributed by atoms with Gasteiger partial charge in [0.05, 0.1) is 6.26 Å². The van der Waals surface area contributed by atoms with Gasteiger partial charge in [-0.15, -0.1) is 0 Å². The highest BCUT2D eigenvalue weighted by atomic mass is 32.2. The molecule has 0 aromatic carbocycles. The predicted molar refractivity (Wildman–Crippen MR) is 79.7 cm³/mol. The first kappa shape index (κ1) is 15.4. The maximum Gasteiger partial charge on any atom is 0.211 e. The lowest BCUT2D eigenvalue weighted by molar-refractivity contribution is 0.246. The Morgan fingerprint density at radius 3 is 2.80 bits per heavy atom. The SMILES string of the molecule is CS(=O)(=O)N1CCCC(CC(N)Cc2ccncc2)C1. The molecule has 1 aliphatic heterocycles. The summed E-state index contributed by atoms with van der Waals surface area (Å²) in [6, 6.07) is 4.02. The van der Waals surface area contributed by atoms with Crippen molar-refractivity contribution in [1.29, 1.82) is 0 Å². The third-order valence-electron chi connectivity index (χ3n) is 3.83. The van der Waals surface area contributed by atoms with Gasteiger partial charge in [0.25, 0.3) is 0 Å². The molecule has 0 radical (unpaired) electrons. The van der Waals surface area contributed by atoms with Crippen LogP contribution in [-0.2, 0) is 16.4 Å². The molecule has 6 heteroatoms. The van der Waals surface area contributed by atoms with Crippen LogP contribution in [0.15, 0.2) is 24.5 Å². The standard InChI is InChI=1S/C14H23N3O2S/c1-20(18,19)17-8-2-3-13(11-17)10-14(15)9-12-4-6-16-7-5-12/h4-7,13-14H,2-3,8-11,15H2,1H3. The van der Waals surface area contributed by atoms with Crippen molar-refractivity contribution in [2.75, 3.05) is 19.3 Å². The highest BCUT2D eigenvalue weighted by molar-refractivity contribution is 7.88. The number of nitrogens with zero attached hydrogens (tertiary/aromatic N) is 2. The van der Waals surface area contributed by atoms with Crippen LogP contribution in [0.1, 0.15) is 24.8 Å². The molecule has 1 aromatic rings. The number of nitrogens with two attached hydrogens (primary N) is 1. The van der Waals surface area contributed by atoms with Crippen molar-refractivity contribution in [3.05, 3.63) is 30.1 Å². The lowest BCUT2D eigenvalue weighted by Crippen LogP contribution is -2.41. The Hall–Kier alpha value is -0.980. The highest BCUT2D eigenvalue weighted by Gasteiger charge is 2.26. The van der Waals surface area contributed by atoms with Gasteiger partial charge < -0.3 is 5.73 Å². The number of sulfonamides is 1. The quantitative estimate of drug-likeness (QED) is 0.880. The Labute approximate surface area is 121 Å². The Bertz CT molecular complexity index is 518. The maximum absolute atomic E-state index is 11.6. The van der Waals surface area contributed by atoms with Gasteiger partial charge >= 0.3 is 0 Å². The van der Waals surface area contributed by atoms with Gasteiger partial charge in [-0.25, -0.2) is 12.7 Å². The maximum atomic E-state index is 11.6. The average molecular weight is 297 g/mol. The lowest BCUT2D eigenvalue weighted by atomic mass is 9.90. The normalized spacial score (nSPS) is 22.6. The van der Waals surface area contributed by atoms with Crippen molar-refractivity contribution in [1.82, 2.24) is 9.29 Å². The largest absolute Gasteiger partial charge is 0.327 e. The van der Waals surface area contributed by atoms with Gasteiger partial charge in [-0.2, -0.15) is 0 Å². The average Bonchev–Trinajstić information content (AvgIpc) is 2.39. The summed E-state index contributed by atoms with van der Waals surface area (Å²) in [5.41, 5.74) is 7.39. The minimum atomic E-state index is -3.07. The topological polar surface area (TPSA) is 76.3 Å². The lowest BCUT2D eigenvalue weighted by Gasteiger charge is -2.32. The number of aromatic nitrogens is 1. The van der Waals surface area contributed by atoms with Gasteiger partial charge in [-0.05, 0) is 49.3 Å². The number of rotatable bonds is 5. The van der Waals surface area contributed by atoms with E-state index in [4.69, 9.17) is 5.73 Å². The van der Waals surface area contributed by atoms with Crippen LogP contribution in [0.4, 0.5) is 0 Å². The molecule has 0 spiro atoms. The Balaban J connectivity index is 1.86. The van der Waals surface area contributed by atoms with Crippen LogP contribution < -0.4 is 5.73 Å². The molecule has 20 heavy (non-hydrogen) atoms. The van der Waals surface area contributed by atoms with Gasteiger partial charge in [0, 0.05) is 31.5 Å². The molecule has 1 fully saturated rings. The molecule has 1 saturated heterocycles. The van der Waals surface area contributed by atoms with Crippen molar-refractivity contribution in [3.63, 3.8) is 0 Å². The van der Waals surface area contributed by atoms with Crippen LogP contribution in [0.25, 0.3) is 0 Å². The molecule has 0 saturated carbocycles. The summed E-state index contributed by atoms with van der Waals surface area (Å²) in [5, 5.41) is 0. The van der Waals surface area contributed by atoms with Crippen LogP contribution in [0.2, 0.25) is 0 Å². The molecule has 0 aliphatic carbocycles. The minimum Gasteiger partial charge on any atom is -0.327 e. The van der Waals surface area contributed by atoms with Gasteiger partial charge in [-0.1, -0.05) is 0 Å².